The Morgan fingerprint density at radius 3 is 2.28 bits per heavy atom. The monoisotopic (exact) mass is 415 g/mol. The molecule has 29 heavy (non-hydrogen) atoms. The molecule has 1 saturated heterocycles. The first-order valence-electron chi connectivity index (χ1n) is 10.9. The SMILES string of the molecule is CCCC[C@](O)(c1ccc(CC)cc1)[C@H](CN1CCOCC1)c1ccc(Cl)cc1. The van der Waals surface area contributed by atoms with Crippen LogP contribution < -0.4 is 0 Å². The number of halogens is 1. The Kier molecular flexibility index (Phi) is 8.14. The van der Waals surface area contributed by atoms with Gasteiger partial charge in [-0.25, -0.2) is 0 Å². The quantitative estimate of drug-likeness (QED) is 0.595. The van der Waals surface area contributed by atoms with Crippen LogP contribution in [0.5, 0.6) is 0 Å². The predicted octanol–water partition coefficient (Wildman–Crippen LogP) is 5.40. The van der Waals surface area contributed by atoms with Crippen LogP contribution in [0.1, 0.15) is 55.7 Å². The lowest BCUT2D eigenvalue weighted by Gasteiger charge is -2.41. The van der Waals surface area contributed by atoms with E-state index < -0.39 is 5.60 Å². The van der Waals surface area contributed by atoms with E-state index in [0.717, 1.165) is 74.7 Å². The largest absolute Gasteiger partial charge is 0.384 e. The molecule has 0 bridgehead atoms. The second-order valence-electron chi connectivity index (χ2n) is 8.10. The number of ether oxygens (including phenoxy) is 1. The fourth-order valence-electron chi connectivity index (χ4n) is 4.26. The van der Waals surface area contributed by atoms with E-state index in [1.54, 1.807) is 0 Å². The van der Waals surface area contributed by atoms with Gasteiger partial charge in [0.05, 0.1) is 18.8 Å². The van der Waals surface area contributed by atoms with Crippen LogP contribution in [0.2, 0.25) is 5.02 Å². The molecule has 2 atom stereocenters. The molecule has 158 valence electrons. The summed E-state index contributed by atoms with van der Waals surface area (Å²) < 4.78 is 5.54. The lowest BCUT2D eigenvalue weighted by molar-refractivity contribution is -0.0293. The van der Waals surface area contributed by atoms with Crippen LogP contribution in [0.4, 0.5) is 0 Å². The molecule has 4 heteroatoms. The number of hydrogen-bond acceptors (Lipinski definition) is 3. The molecule has 3 rings (SSSR count). The first-order chi connectivity index (χ1) is 14.1. The second kappa shape index (κ2) is 10.6. The highest BCUT2D eigenvalue weighted by atomic mass is 35.5. The van der Waals surface area contributed by atoms with Gasteiger partial charge in [0.1, 0.15) is 0 Å². The van der Waals surface area contributed by atoms with Gasteiger partial charge in [-0.15, -0.1) is 0 Å². The van der Waals surface area contributed by atoms with Gasteiger partial charge in [0.2, 0.25) is 0 Å². The third kappa shape index (κ3) is 5.61. The van der Waals surface area contributed by atoms with E-state index in [4.69, 9.17) is 16.3 Å². The minimum atomic E-state index is -0.922. The van der Waals surface area contributed by atoms with Crippen molar-refractivity contribution in [2.75, 3.05) is 32.8 Å². The summed E-state index contributed by atoms with van der Waals surface area (Å²) in [5, 5.41) is 12.9. The molecule has 0 amide bonds. The average molecular weight is 416 g/mol. The van der Waals surface area contributed by atoms with Crippen LogP contribution in [-0.2, 0) is 16.8 Å². The topological polar surface area (TPSA) is 32.7 Å². The van der Waals surface area contributed by atoms with Crippen molar-refractivity contribution < 1.29 is 9.84 Å². The summed E-state index contributed by atoms with van der Waals surface area (Å²) in [6, 6.07) is 16.6. The molecule has 2 aromatic carbocycles. The number of nitrogens with zero attached hydrogens (tertiary/aromatic N) is 1. The normalized spacial score (nSPS) is 18.3. The molecule has 1 fully saturated rings. The number of hydrogen-bond donors (Lipinski definition) is 1. The Balaban J connectivity index is 2.00. The molecule has 0 saturated carbocycles. The van der Waals surface area contributed by atoms with Gasteiger partial charge < -0.3 is 9.84 Å². The summed E-state index contributed by atoms with van der Waals surface area (Å²) in [4.78, 5) is 2.42. The standard InChI is InChI=1S/C25H34ClNO2/c1-3-5-14-25(28,22-10-6-20(4-2)7-11-22)24(19-27-15-17-29-18-16-27)21-8-12-23(26)13-9-21/h6-13,24,28H,3-5,14-19H2,1-2H3/t24-,25+/m1/s1. The van der Waals surface area contributed by atoms with Gasteiger partial charge in [-0.1, -0.05) is 74.7 Å². The zero-order valence-electron chi connectivity index (χ0n) is 17.7. The fraction of sp³-hybridized carbons (Fsp3) is 0.520. The van der Waals surface area contributed by atoms with Gasteiger partial charge in [-0.05, 0) is 41.7 Å². The average Bonchev–Trinajstić information content (AvgIpc) is 2.77. The molecule has 1 N–H and O–H groups in total. The molecule has 1 heterocycles. The van der Waals surface area contributed by atoms with Crippen LogP contribution in [0.25, 0.3) is 0 Å². The number of unbranched alkanes of at least 4 members (excludes halogenated alkanes) is 1. The smallest absolute Gasteiger partial charge is 0.0977 e. The molecule has 0 aliphatic carbocycles. The van der Waals surface area contributed by atoms with Gasteiger partial charge in [-0.2, -0.15) is 0 Å². The Labute approximate surface area is 180 Å². The molecule has 0 unspecified atom stereocenters. The maximum Gasteiger partial charge on any atom is 0.0977 e. The summed E-state index contributed by atoms with van der Waals surface area (Å²) in [7, 11) is 0. The van der Waals surface area contributed by atoms with Crippen LogP contribution in [0.15, 0.2) is 48.5 Å². The van der Waals surface area contributed by atoms with Crippen LogP contribution in [0.3, 0.4) is 0 Å². The Morgan fingerprint density at radius 1 is 1.03 bits per heavy atom. The van der Waals surface area contributed by atoms with Crippen LogP contribution in [0, 0.1) is 0 Å². The molecular formula is C25H34ClNO2. The number of benzene rings is 2. The summed E-state index contributed by atoms with van der Waals surface area (Å²) in [5.74, 6) is -0.0307. The van der Waals surface area contributed by atoms with Crippen molar-refractivity contribution in [2.45, 2.75) is 51.0 Å². The van der Waals surface area contributed by atoms with Gasteiger partial charge in [0, 0.05) is 30.6 Å². The van der Waals surface area contributed by atoms with Crippen LogP contribution >= 0.6 is 11.6 Å². The molecule has 3 nitrogen and oxygen atoms in total. The van der Waals surface area contributed by atoms with Crippen LogP contribution in [-0.4, -0.2) is 42.9 Å². The first kappa shape index (κ1) is 22.3. The maximum absolute atomic E-state index is 12.2. The predicted molar refractivity (Wildman–Crippen MR) is 121 cm³/mol. The molecule has 0 aromatic heterocycles. The number of aliphatic hydroxyl groups is 1. The van der Waals surface area contributed by atoms with Crippen molar-refractivity contribution in [3.05, 3.63) is 70.2 Å². The van der Waals surface area contributed by atoms with E-state index in [1.165, 1.54) is 5.56 Å². The van der Waals surface area contributed by atoms with E-state index in [1.807, 2.05) is 12.1 Å². The maximum atomic E-state index is 12.2. The summed E-state index contributed by atoms with van der Waals surface area (Å²) >= 11 is 6.17. The molecule has 1 aliphatic rings. The van der Waals surface area contributed by atoms with Gasteiger partial charge >= 0.3 is 0 Å². The third-order valence-corrected chi connectivity index (χ3v) is 6.42. The van der Waals surface area contributed by atoms with Crippen molar-refractivity contribution in [3.63, 3.8) is 0 Å². The first-order valence-corrected chi connectivity index (χ1v) is 11.3. The lowest BCUT2D eigenvalue weighted by atomic mass is 9.73. The Bertz CT molecular complexity index is 740. The number of rotatable bonds is 9. The number of morpholine rings is 1. The number of aryl methyl sites for hydroxylation is 1. The highest BCUT2D eigenvalue weighted by Gasteiger charge is 2.40. The van der Waals surface area contributed by atoms with Gasteiger partial charge in [-0.3, -0.25) is 4.90 Å². The zero-order chi connectivity index (χ0) is 20.7. The molecule has 1 aliphatic heterocycles. The highest BCUT2D eigenvalue weighted by Crippen LogP contribution is 2.42. The summed E-state index contributed by atoms with van der Waals surface area (Å²) in [6.45, 7) is 8.47. The van der Waals surface area contributed by atoms with E-state index in [0.29, 0.717) is 0 Å². The summed E-state index contributed by atoms with van der Waals surface area (Å²) in [6.07, 6.45) is 3.79. The van der Waals surface area contributed by atoms with Gasteiger partial charge in [0.25, 0.3) is 0 Å². The van der Waals surface area contributed by atoms with Crippen molar-refractivity contribution in [1.29, 1.82) is 0 Å². The summed E-state index contributed by atoms with van der Waals surface area (Å²) in [5.41, 5.74) is 2.52. The molecule has 0 spiro atoms. The third-order valence-electron chi connectivity index (χ3n) is 6.17. The highest BCUT2D eigenvalue weighted by molar-refractivity contribution is 6.30. The van der Waals surface area contributed by atoms with E-state index in [9.17, 15) is 5.11 Å². The van der Waals surface area contributed by atoms with Crippen molar-refractivity contribution >= 4 is 11.6 Å². The van der Waals surface area contributed by atoms with Crippen molar-refractivity contribution in [3.8, 4) is 0 Å². The minimum Gasteiger partial charge on any atom is -0.384 e. The minimum absolute atomic E-state index is 0.0307. The molecular weight excluding hydrogens is 382 g/mol. The van der Waals surface area contributed by atoms with E-state index in [2.05, 4.69) is 55.1 Å². The van der Waals surface area contributed by atoms with Crippen molar-refractivity contribution in [1.82, 2.24) is 4.90 Å². The fourth-order valence-corrected chi connectivity index (χ4v) is 4.39. The Morgan fingerprint density at radius 2 is 1.69 bits per heavy atom. The zero-order valence-corrected chi connectivity index (χ0v) is 18.5. The van der Waals surface area contributed by atoms with E-state index >= 15 is 0 Å². The second-order valence-corrected chi connectivity index (χ2v) is 8.53. The molecule has 2 aromatic rings. The van der Waals surface area contributed by atoms with E-state index in [-0.39, 0.29) is 5.92 Å². The van der Waals surface area contributed by atoms with Crippen molar-refractivity contribution in [2.24, 2.45) is 0 Å². The lowest BCUT2D eigenvalue weighted by Crippen LogP contribution is -2.45. The Hall–Kier alpha value is -1.39. The van der Waals surface area contributed by atoms with Gasteiger partial charge in [0.15, 0.2) is 0 Å². The molecule has 0 radical (unpaired) electrons.